The smallest absolute Gasteiger partial charge is 0.166 e. The molecule has 3 aromatic carbocycles. The second-order valence-electron chi connectivity index (χ2n) is 4.76. The zero-order chi connectivity index (χ0) is 18.3. The Morgan fingerprint density at radius 1 is 0.560 bits per heavy atom. The second-order valence-corrected chi connectivity index (χ2v) is 7.55. The molecular weight excluding hydrogens is 367 g/mol. The molecule has 7 heteroatoms. The summed E-state index contributed by atoms with van der Waals surface area (Å²) in [4.78, 5) is 3.61. The lowest BCUT2D eigenvalue weighted by Gasteiger charge is -2.17. The van der Waals surface area contributed by atoms with Crippen molar-refractivity contribution in [3.05, 3.63) is 90.7 Å². The Morgan fingerprint density at radius 3 is 1.24 bits per heavy atom. The summed E-state index contributed by atoms with van der Waals surface area (Å²) in [5.74, 6) is -0.196. The topological polar surface area (TPSA) is 92.2 Å². The van der Waals surface area contributed by atoms with Gasteiger partial charge in [0.1, 0.15) is 5.82 Å². The van der Waals surface area contributed by atoms with Crippen molar-refractivity contribution in [1.82, 2.24) is 0 Å². The highest BCUT2D eigenvalue weighted by molar-refractivity contribution is 7.97. The molecule has 3 rings (SSSR count). The molecular formula is C18H14ClFO4S. The summed E-state index contributed by atoms with van der Waals surface area (Å²) in [6.07, 6.45) is 0. The number of halogens is 2. The van der Waals surface area contributed by atoms with Crippen LogP contribution in [0.4, 0.5) is 4.39 Å². The molecule has 0 N–H and O–H groups in total. The van der Waals surface area contributed by atoms with Crippen molar-refractivity contribution in [2.24, 2.45) is 0 Å². The van der Waals surface area contributed by atoms with Gasteiger partial charge in [-0.05, 0) is 48.5 Å². The number of hydrogen-bond donors (Lipinski definition) is 0. The molecule has 0 radical (unpaired) electrons. The van der Waals surface area contributed by atoms with Gasteiger partial charge in [-0.15, -0.1) is 10.2 Å². The summed E-state index contributed by atoms with van der Waals surface area (Å²) in [7, 11) is -5.13. The third-order valence-corrected chi connectivity index (χ3v) is 5.24. The van der Waals surface area contributed by atoms with Crippen LogP contribution in [0.2, 0.25) is 0 Å². The zero-order valence-corrected chi connectivity index (χ0v) is 14.5. The standard InChI is InChI=1S/C18H14FS.ClHO4/c19-15-11-13-18(14-12-15)20(16-7-3-1-4-8-16)17-9-5-2-6-10-17;2-1(3,4)5/h1-14H;(H,2,3,4,5)/q+1;/p-1. The van der Waals surface area contributed by atoms with Gasteiger partial charge in [-0.2, -0.15) is 0 Å². The van der Waals surface area contributed by atoms with Crippen LogP contribution in [0, 0.1) is 16.1 Å². The molecule has 0 spiro atoms. The average Bonchev–Trinajstić information content (AvgIpc) is 2.57. The first-order chi connectivity index (χ1) is 11.8. The molecule has 25 heavy (non-hydrogen) atoms. The largest absolute Gasteiger partial charge is 0.222 e. The van der Waals surface area contributed by atoms with E-state index in [9.17, 15) is 4.39 Å². The molecule has 0 unspecified atom stereocenters. The third kappa shape index (κ3) is 6.83. The van der Waals surface area contributed by atoms with Crippen LogP contribution < -0.4 is 18.6 Å². The normalized spacial score (nSPS) is 11.0. The lowest BCUT2D eigenvalue weighted by atomic mass is 10.3. The SMILES string of the molecule is Fc1ccc([S+](c2ccccc2)c2ccccc2)cc1.[O-][Cl+3]([O-])([O-])[O-]. The van der Waals surface area contributed by atoms with Crippen LogP contribution in [0.3, 0.4) is 0 Å². The highest BCUT2D eigenvalue weighted by Gasteiger charge is 2.27. The predicted octanol–water partition coefficient (Wildman–Crippen LogP) is 0.165. The Morgan fingerprint density at radius 2 is 0.880 bits per heavy atom. The van der Waals surface area contributed by atoms with Gasteiger partial charge in [0.15, 0.2) is 14.7 Å². The molecule has 130 valence electrons. The average molecular weight is 381 g/mol. The van der Waals surface area contributed by atoms with Crippen molar-refractivity contribution in [2.75, 3.05) is 0 Å². The van der Waals surface area contributed by atoms with Gasteiger partial charge in [0, 0.05) is 0 Å². The number of benzene rings is 3. The van der Waals surface area contributed by atoms with Crippen LogP contribution in [0.25, 0.3) is 0 Å². The summed E-state index contributed by atoms with van der Waals surface area (Å²) in [5.41, 5.74) is 0. The molecule has 0 saturated carbocycles. The van der Waals surface area contributed by atoms with Crippen LogP contribution in [0.15, 0.2) is 99.6 Å². The fourth-order valence-electron chi connectivity index (χ4n) is 2.09. The van der Waals surface area contributed by atoms with Gasteiger partial charge in [0.05, 0.1) is 10.9 Å². The molecule has 0 aliphatic carbocycles. The quantitative estimate of drug-likeness (QED) is 0.605. The fourth-order valence-corrected chi connectivity index (χ4v) is 4.18. The molecule has 0 atom stereocenters. The van der Waals surface area contributed by atoms with Gasteiger partial charge in [-0.25, -0.2) is 23.0 Å². The third-order valence-electron chi connectivity index (χ3n) is 3.01. The lowest BCUT2D eigenvalue weighted by Crippen LogP contribution is -2.68. The molecule has 4 nitrogen and oxygen atoms in total. The maximum atomic E-state index is 13.2. The summed E-state index contributed by atoms with van der Waals surface area (Å²) in [5, 5.41) is 0. The minimum Gasteiger partial charge on any atom is -0.222 e. The Hall–Kier alpha value is -1.93. The molecule has 0 amide bonds. The summed E-state index contributed by atoms with van der Waals surface area (Å²) < 4.78 is 47.1. The van der Waals surface area contributed by atoms with E-state index in [0.717, 1.165) is 4.90 Å². The van der Waals surface area contributed by atoms with Crippen molar-refractivity contribution in [1.29, 1.82) is 0 Å². The fraction of sp³-hybridized carbons (Fsp3) is 0. The van der Waals surface area contributed by atoms with E-state index in [1.54, 1.807) is 0 Å². The summed E-state index contributed by atoms with van der Waals surface area (Å²) in [6, 6.07) is 27.5. The number of rotatable bonds is 3. The molecule has 0 saturated heterocycles. The minimum absolute atomic E-state index is 0.190. The van der Waals surface area contributed by atoms with E-state index in [4.69, 9.17) is 18.6 Å². The van der Waals surface area contributed by atoms with Crippen LogP contribution in [0.1, 0.15) is 0 Å². The maximum Gasteiger partial charge on any atom is 0.166 e. The molecule has 0 aliphatic rings. The Bertz CT molecular complexity index is 719. The van der Waals surface area contributed by atoms with Crippen molar-refractivity contribution in [3.63, 3.8) is 0 Å². The molecule has 0 heterocycles. The Labute approximate surface area is 149 Å². The molecule has 0 aliphatic heterocycles. The minimum atomic E-state index is -4.94. The predicted molar refractivity (Wildman–Crippen MR) is 81.4 cm³/mol. The first-order valence-corrected chi connectivity index (χ1v) is 9.52. The van der Waals surface area contributed by atoms with Crippen LogP contribution >= 0.6 is 0 Å². The first kappa shape index (κ1) is 19.4. The lowest BCUT2D eigenvalue weighted by molar-refractivity contribution is -2.00. The van der Waals surface area contributed by atoms with E-state index in [2.05, 4.69) is 24.3 Å². The van der Waals surface area contributed by atoms with E-state index in [-0.39, 0.29) is 16.7 Å². The maximum absolute atomic E-state index is 13.2. The Balaban J connectivity index is 0.000000399. The molecule has 3 aromatic rings. The van der Waals surface area contributed by atoms with Crippen LogP contribution in [-0.4, -0.2) is 0 Å². The van der Waals surface area contributed by atoms with E-state index in [0.29, 0.717) is 0 Å². The molecule has 0 fully saturated rings. The molecule has 0 aromatic heterocycles. The van der Waals surface area contributed by atoms with Crippen molar-refractivity contribution >= 4 is 10.9 Å². The van der Waals surface area contributed by atoms with Crippen LogP contribution in [0.5, 0.6) is 0 Å². The van der Waals surface area contributed by atoms with Crippen LogP contribution in [-0.2, 0) is 10.9 Å². The van der Waals surface area contributed by atoms with E-state index in [1.807, 2.05) is 48.5 Å². The van der Waals surface area contributed by atoms with Gasteiger partial charge in [0.2, 0.25) is 0 Å². The monoisotopic (exact) mass is 380 g/mol. The summed E-state index contributed by atoms with van der Waals surface area (Å²) >= 11 is 0. The number of hydrogen-bond acceptors (Lipinski definition) is 4. The van der Waals surface area contributed by atoms with E-state index >= 15 is 0 Å². The van der Waals surface area contributed by atoms with Crippen molar-refractivity contribution in [3.8, 4) is 0 Å². The molecule has 0 bridgehead atoms. The highest BCUT2D eigenvalue weighted by atomic mass is 35.7. The van der Waals surface area contributed by atoms with E-state index in [1.165, 1.54) is 21.9 Å². The van der Waals surface area contributed by atoms with Gasteiger partial charge in [0.25, 0.3) is 0 Å². The second kappa shape index (κ2) is 8.96. The summed E-state index contributed by atoms with van der Waals surface area (Å²) in [6.45, 7) is 0. The highest BCUT2D eigenvalue weighted by Crippen LogP contribution is 2.30. The first-order valence-electron chi connectivity index (χ1n) is 7.06. The van der Waals surface area contributed by atoms with Crippen molar-refractivity contribution in [2.45, 2.75) is 14.7 Å². The Kier molecular flexibility index (Phi) is 6.95. The van der Waals surface area contributed by atoms with E-state index < -0.39 is 10.2 Å². The zero-order valence-electron chi connectivity index (χ0n) is 12.9. The van der Waals surface area contributed by atoms with Gasteiger partial charge in [-0.1, -0.05) is 36.4 Å². The van der Waals surface area contributed by atoms with Gasteiger partial charge in [-0.3, -0.25) is 0 Å². The van der Waals surface area contributed by atoms with Crippen molar-refractivity contribution < 1.29 is 33.3 Å². The van der Waals surface area contributed by atoms with Gasteiger partial charge < -0.3 is 0 Å². The van der Waals surface area contributed by atoms with Gasteiger partial charge >= 0.3 is 0 Å².